The van der Waals surface area contributed by atoms with Gasteiger partial charge in [-0.25, -0.2) is 0 Å². The van der Waals surface area contributed by atoms with Gasteiger partial charge in [0.2, 0.25) is 0 Å². The molecule has 2 aliphatic heterocycles. The first-order chi connectivity index (χ1) is 14.3. The summed E-state index contributed by atoms with van der Waals surface area (Å²) in [6.45, 7) is 0. The average molecular weight is 378 g/mol. The molecule has 0 amide bonds. The highest BCUT2D eigenvalue weighted by Crippen LogP contribution is 2.61. The summed E-state index contributed by atoms with van der Waals surface area (Å²) in [5.74, 6) is 0.867. The Hall–Kier alpha value is -3.10. The molecule has 1 fully saturated rings. The predicted octanol–water partition coefficient (Wildman–Crippen LogP) is 5.44. The Morgan fingerprint density at radius 3 is 2.59 bits per heavy atom. The molecular formula is C27H22O2. The summed E-state index contributed by atoms with van der Waals surface area (Å²) in [5.41, 5.74) is 5.63. The quantitative estimate of drug-likeness (QED) is 0.662. The first-order valence-electron chi connectivity index (χ1n) is 10.2. The van der Waals surface area contributed by atoms with Crippen molar-refractivity contribution in [3.8, 4) is 5.75 Å². The third-order valence-electron chi connectivity index (χ3n) is 6.70. The fourth-order valence-corrected chi connectivity index (χ4v) is 5.40. The molecule has 6 rings (SSSR count). The molecule has 3 atom stereocenters. The van der Waals surface area contributed by atoms with Gasteiger partial charge in [0.15, 0.2) is 0 Å². The molecule has 0 N–H and O–H groups in total. The molecule has 2 heteroatoms. The topological polar surface area (TPSA) is 18.5 Å². The van der Waals surface area contributed by atoms with E-state index in [0.29, 0.717) is 0 Å². The molecule has 0 aromatic heterocycles. The van der Waals surface area contributed by atoms with Crippen molar-refractivity contribution < 1.29 is 9.47 Å². The summed E-state index contributed by atoms with van der Waals surface area (Å²) in [5, 5.41) is 0. The van der Waals surface area contributed by atoms with E-state index >= 15 is 0 Å². The van der Waals surface area contributed by atoms with Crippen LogP contribution in [0.1, 0.15) is 17.5 Å². The first-order valence-corrected chi connectivity index (χ1v) is 10.2. The van der Waals surface area contributed by atoms with Crippen LogP contribution in [-0.4, -0.2) is 18.8 Å². The second-order valence-corrected chi connectivity index (χ2v) is 8.08. The van der Waals surface area contributed by atoms with Gasteiger partial charge in [-0.3, -0.25) is 0 Å². The maximum Gasteiger partial charge on any atom is 0.129 e. The molecule has 142 valence electrons. The van der Waals surface area contributed by atoms with Gasteiger partial charge >= 0.3 is 0 Å². The standard InChI is InChI=1S/C27H22O2/c1-28-23-13-11-22(12-14-23)27(21-9-3-2-4-10-21)24-17-19-7-5-6-8-20(19)18-26(24)16-15-25(27)29-26/h2-7,9-18,25H,8H2,1H3. The van der Waals surface area contributed by atoms with E-state index in [2.05, 4.69) is 97.1 Å². The SMILES string of the molecule is COc1ccc(C2(c3ccccc3)C3=CC4=CC=CCC4=CC34C=CC2O4)cc1. The van der Waals surface area contributed by atoms with Crippen molar-refractivity contribution in [3.63, 3.8) is 0 Å². The van der Waals surface area contributed by atoms with E-state index in [1.54, 1.807) is 7.11 Å². The Morgan fingerprint density at radius 1 is 1.00 bits per heavy atom. The smallest absolute Gasteiger partial charge is 0.129 e. The molecule has 2 bridgehead atoms. The van der Waals surface area contributed by atoms with Crippen molar-refractivity contribution >= 4 is 0 Å². The van der Waals surface area contributed by atoms with Crippen LogP contribution in [0.15, 0.2) is 114 Å². The van der Waals surface area contributed by atoms with Gasteiger partial charge in [-0.15, -0.1) is 0 Å². The molecule has 29 heavy (non-hydrogen) atoms. The van der Waals surface area contributed by atoms with E-state index in [4.69, 9.17) is 9.47 Å². The summed E-state index contributed by atoms with van der Waals surface area (Å²) >= 11 is 0. The molecule has 2 aromatic carbocycles. The number of hydrogen-bond acceptors (Lipinski definition) is 2. The highest BCUT2D eigenvalue weighted by molar-refractivity contribution is 5.69. The van der Waals surface area contributed by atoms with Crippen LogP contribution < -0.4 is 4.74 Å². The minimum Gasteiger partial charge on any atom is -0.497 e. The summed E-state index contributed by atoms with van der Waals surface area (Å²) in [6.07, 6.45) is 16.7. The molecule has 2 nitrogen and oxygen atoms in total. The Morgan fingerprint density at radius 2 is 1.79 bits per heavy atom. The molecule has 0 radical (unpaired) electrons. The van der Waals surface area contributed by atoms with Gasteiger partial charge in [-0.05, 0) is 58.6 Å². The van der Waals surface area contributed by atoms with E-state index in [1.807, 2.05) is 0 Å². The van der Waals surface area contributed by atoms with Crippen molar-refractivity contribution in [2.75, 3.05) is 7.11 Å². The normalized spacial score (nSPS) is 30.9. The number of hydrogen-bond donors (Lipinski definition) is 0. The Kier molecular flexibility index (Phi) is 3.45. The summed E-state index contributed by atoms with van der Waals surface area (Å²) in [7, 11) is 1.71. The van der Waals surface area contributed by atoms with Crippen molar-refractivity contribution in [3.05, 3.63) is 125 Å². The lowest BCUT2D eigenvalue weighted by Gasteiger charge is -2.40. The first kappa shape index (κ1) is 16.8. The second kappa shape index (κ2) is 5.95. The highest BCUT2D eigenvalue weighted by Gasteiger charge is 2.62. The lowest BCUT2D eigenvalue weighted by Crippen LogP contribution is -2.41. The van der Waals surface area contributed by atoms with Crippen LogP contribution in [-0.2, 0) is 10.2 Å². The average Bonchev–Trinajstić information content (AvgIpc) is 3.32. The van der Waals surface area contributed by atoms with Crippen molar-refractivity contribution in [2.45, 2.75) is 23.5 Å². The number of fused-ring (bicyclic) bond motifs is 2. The zero-order valence-electron chi connectivity index (χ0n) is 16.3. The fourth-order valence-electron chi connectivity index (χ4n) is 5.40. The zero-order chi connectivity index (χ0) is 19.5. The van der Waals surface area contributed by atoms with Crippen molar-refractivity contribution in [1.29, 1.82) is 0 Å². The van der Waals surface area contributed by atoms with Gasteiger partial charge in [0.1, 0.15) is 11.4 Å². The number of ether oxygens (including phenoxy) is 2. The van der Waals surface area contributed by atoms with E-state index < -0.39 is 5.60 Å². The molecular weight excluding hydrogens is 356 g/mol. The van der Waals surface area contributed by atoms with Gasteiger partial charge in [-0.1, -0.05) is 72.8 Å². The minimum absolute atomic E-state index is 0.0462. The van der Waals surface area contributed by atoms with E-state index in [9.17, 15) is 0 Å². The largest absolute Gasteiger partial charge is 0.497 e. The van der Waals surface area contributed by atoms with Crippen molar-refractivity contribution in [1.82, 2.24) is 0 Å². The maximum absolute atomic E-state index is 6.76. The third kappa shape index (κ3) is 2.15. The van der Waals surface area contributed by atoms with Gasteiger partial charge in [0.05, 0.1) is 18.6 Å². The molecule has 2 aliphatic carbocycles. The Bertz CT molecular complexity index is 1130. The number of benzene rings is 2. The van der Waals surface area contributed by atoms with Gasteiger partial charge in [0, 0.05) is 0 Å². The van der Waals surface area contributed by atoms with Gasteiger partial charge in [-0.2, -0.15) is 0 Å². The van der Waals surface area contributed by atoms with Crippen molar-refractivity contribution in [2.24, 2.45) is 0 Å². The molecule has 2 heterocycles. The number of allylic oxidation sites excluding steroid dienone is 6. The number of methoxy groups -OCH3 is 1. The highest BCUT2D eigenvalue weighted by atomic mass is 16.5. The van der Waals surface area contributed by atoms with Crippen LogP contribution in [0.25, 0.3) is 0 Å². The second-order valence-electron chi connectivity index (χ2n) is 8.08. The zero-order valence-corrected chi connectivity index (χ0v) is 16.3. The van der Waals surface area contributed by atoms with Crippen LogP contribution in [0.4, 0.5) is 0 Å². The molecule has 0 saturated carbocycles. The summed E-state index contributed by atoms with van der Waals surface area (Å²) in [4.78, 5) is 0. The minimum atomic E-state index is -0.460. The summed E-state index contributed by atoms with van der Waals surface area (Å²) < 4.78 is 12.2. The van der Waals surface area contributed by atoms with Crippen LogP contribution in [0.3, 0.4) is 0 Å². The predicted molar refractivity (Wildman–Crippen MR) is 115 cm³/mol. The van der Waals surface area contributed by atoms with Crippen LogP contribution in [0.2, 0.25) is 0 Å². The van der Waals surface area contributed by atoms with E-state index in [1.165, 1.54) is 27.8 Å². The Balaban J connectivity index is 1.65. The molecule has 4 aliphatic rings. The van der Waals surface area contributed by atoms with Crippen LogP contribution in [0, 0.1) is 0 Å². The fraction of sp³-hybridized carbons (Fsp3) is 0.185. The maximum atomic E-state index is 6.76. The van der Waals surface area contributed by atoms with E-state index in [0.717, 1.165) is 12.2 Å². The van der Waals surface area contributed by atoms with E-state index in [-0.39, 0.29) is 11.5 Å². The van der Waals surface area contributed by atoms with Crippen LogP contribution in [0.5, 0.6) is 5.75 Å². The number of rotatable bonds is 3. The van der Waals surface area contributed by atoms with Crippen LogP contribution >= 0.6 is 0 Å². The molecule has 3 unspecified atom stereocenters. The summed E-state index contributed by atoms with van der Waals surface area (Å²) in [6, 6.07) is 19.2. The van der Waals surface area contributed by atoms with Gasteiger partial charge < -0.3 is 9.47 Å². The Labute approximate surface area is 171 Å². The molecule has 2 aromatic rings. The lowest BCUT2D eigenvalue weighted by molar-refractivity contribution is 0.0662. The molecule has 1 saturated heterocycles. The monoisotopic (exact) mass is 378 g/mol. The van der Waals surface area contributed by atoms with Gasteiger partial charge in [0.25, 0.3) is 0 Å². The third-order valence-corrected chi connectivity index (χ3v) is 6.70. The lowest BCUT2D eigenvalue weighted by atomic mass is 9.59. The molecule has 1 spiro atoms.